The van der Waals surface area contributed by atoms with E-state index in [4.69, 9.17) is 14.4 Å². The van der Waals surface area contributed by atoms with Crippen LogP contribution in [0.3, 0.4) is 0 Å². The zero-order valence-electron chi connectivity index (χ0n) is 8.17. The lowest BCUT2D eigenvalue weighted by atomic mass is 9.95. The van der Waals surface area contributed by atoms with Crippen LogP contribution in [0.5, 0.6) is 0 Å². The van der Waals surface area contributed by atoms with E-state index in [0.717, 1.165) is 6.33 Å². The van der Waals surface area contributed by atoms with E-state index in [0.29, 0.717) is 0 Å². The quantitative estimate of drug-likeness (QED) is 0.443. The van der Waals surface area contributed by atoms with E-state index in [1.54, 1.807) is 0 Å². The van der Waals surface area contributed by atoms with E-state index in [9.17, 15) is 15.3 Å². The van der Waals surface area contributed by atoms with Gasteiger partial charge in [-0.25, -0.2) is 0 Å². The summed E-state index contributed by atoms with van der Waals surface area (Å²) in [5.41, 5.74) is 0. The third-order valence-corrected chi connectivity index (χ3v) is 2.51. The molecule has 1 aliphatic heterocycles. The maximum absolute atomic E-state index is 9.65. The van der Waals surface area contributed by atoms with Crippen LogP contribution in [0.25, 0.3) is 0 Å². The Morgan fingerprint density at radius 3 is 2.50 bits per heavy atom. The van der Waals surface area contributed by atoms with Gasteiger partial charge in [0.15, 0.2) is 12.4 Å². The zero-order valence-corrected chi connectivity index (χ0v) is 8.17. The second-order valence-electron chi connectivity index (χ2n) is 3.53. The van der Waals surface area contributed by atoms with Crippen LogP contribution >= 0.6 is 0 Å². The molecule has 8 heteroatoms. The Balaban J connectivity index is 2.20. The highest BCUT2D eigenvalue weighted by atomic mass is 16.6. The summed E-state index contributed by atoms with van der Waals surface area (Å²) in [6.07, 6.45) is -5.13. The van der Waals surface area contributed by atoms with Gasteiger partial charge < -0.3 is 29.7 Å². The highest BCUT2D eigenvalue weighted by Gasteiger charge is 2.45. The van der Waals surface area contributed by atoms with Gasteiger partial charge in [-0.15, -0.1) is 0 Å². The maximum atomic E-state index is 9.65. The summed E-state index contributed by atoms with van der Waals surface area (Å²) in [5, 5.41) is 40.9. The molecule has 2 heterocycles. The van der Waals surface area contributed by atoms with Crippen molar-refractivity contribution >= 4 is 0 Å². The summed E-state index contributed by atoms with van der Waals surface area (Å²) in [4.78, 5) is 3.68. The van der Waals surface area contributed by atoms with Crippen molar-refractivity contribution in [3.63, 3.8) is 0 Å². The first-order valence-corrected chi connectivity index (χ1v) is 4.72. The molecule has 2 rings (SSSR count). The van der Waals surface area contributed by atoms with Crippen molar-refractivity contribution in [2.45, 2.75) is 30.5 Å². The summed E-state index contributed by atoms with van der Waals surface area (Å²) in [6.45, 7) is -0.490. The Morgan fingerprint density at radius 1 is 1.19 bits per heavy atom. The van der Waals surface area contributed by atoms with Gasteiger partial charge in [0.05, 0.1) is 6.61 Å². The first-order valence-electron chi connectivity index (χ1n) is 4.72. The average molecular weight is 232 g/mol. The van der Waals surface area contributed by atoms with Gasteiger partial charge in [-0.05, 0) is 0 Å². The van der Waals surface area contributed by atoms with Gasteiger partial charge in [0.25, 0.3) is 5.89 Å². The van der Waals surface area contributed by atoms with Crippen molar-refractivity contribution in [3.8, 4) is 0 Å². The van der Waals surface area contributed by atoms with Gasteiger partial charge in [-0.3, -0.25) is 0 Å². The minimum absolute atomic E-state index is 0.0168. The molecule has 0 amide bonds. The first kappa shape index (κ1) is 11.4. The predicted octanol–water partition coefficient (Wildman–Crippen LogP) is -2.42. The van der Waals surface area contributed by atoms with Gasteiger partial charge in [0.2, 0.25) is 0 Å². The smallest absolute Gasteiger partial charge is 0.258 e. The Morgan fingerprint density at radius 2 is 1.94 bits per heavy atom. The lowest BCUT2D eigenvalue weighted by Gasteiger charge is -2.38. The summed E-state index contributed by atoms with van der Waals surface area (Å²) in [7, 11) is 0. The topological polar surface area (TPSA) is 129 Å². The van der Waals surface area contributed by atoms with E-state index in [1.165, 1.54) is 0 Å². The van der Waals surface area contributed by atoms with E-state index >= 15 is 0 Å². The highest BCUT2D eigenvalue weighted by Crippen LogP contribution is 2.30. The van der Waals surface area contributed by atoms with Crippen LogP contribution in [0.15, 0.2) is 10.9 Å². The van der Waals surface area contributed by atoms with E-state index < -0.39 is 37.1 Å². The third kappa shape index (κ3) is 1.81. The molecule has 8 nitrogen and oxygen atoms in total. The number of aliphatic hydroxyl groups is 4. The average Bonchev–Trinajstić information content (AvgIpc) is 2.80. The molecule has 1 fully saturated rings. The fourth-order valence-electron chi connectivity index (χ4n) is 1.61. The normalized spacial score (nSPS) is 39.9. The van der Waals surface area contributed by atoms with Gasteiger partial charge in [0.1, 0.15) is 24.4 Å². The molecule has 90 valence electrons. The van der Waals surface area contributed by atoms with Crippen molar-refractivity contribution < 1.29 is 29.7 Å². The second kappa shape index (κ2) is 4.44. The number of nitrogens with zero attached hydrogens (tertiary/aromatic N) is 2. The van der Waals surface area contributed by atoms with Crippen molar-refractivity contribution in [2.24, 2.45) is 0 Å². The molecule has 1 aromatic heterocycles. The molecule has 0 radical (unpaired) electrons. The standard InChI is InChI=1S/C8H12N2O6/c11-1-3-4(12)5(13)6(14)7(15-3)8-9-2-10-16-8/h2-7,11-14H,1H2/t3-,4-,5+,6-,7-/m1/s1. The third-order valence-electron chi connectivity index (χ3n) is 2.51. The molecule has 4 N–H and O–H groups in total. The first-order chi connectivity index (χ1) is 7.65. The largest absolute Gasteiger partial charge is 0.394 e. The molecule has 5 atom stereocenters. The van der Waals surface area contributed by atoms with Crippen LogP contribution in [-0.4, -0.2) is 61.6 Å². The molecule has 0 saturated carbocycles. The summed E-state index contributed by atoms with van der Waals surface area (Å²) >= 11 is 0. The second-order valence-corrected chi connectivity index (χ2v) is 3.53. The number of aromatic nitrogens is 2. The molecule has 1 aromatic rings. The molecule has 0 aliphatic carbocycles. The fourth-order valence-corrected chi connectivity index (χ4v) is 1.61. The maximum Gasteiger partial charge on any atom is 0.258 e. The van der Waals surface area contributed by atoms with E-state index in [1.807, 2.05) is 0 Å². The van der Waals surface area contributed by atoms with Crippen LogP contribution in [0, 0.1) is 0 Å². The Kier molecular flexibility index (Phi) is 3.17. The summed E-state index contributed by atoms with van der Waals surface area (Å²) < 4.78 is 9.87. The summed E-state index contributed by atoms with van der Waals surface area (Å²) in [5.74, 6) is -0.0168. The van der Waals surface area contributed by atoms with Crippen LogP contribution < -0.4 is 0 Å². The van der Waals surface area contributed by atoms with Crippen molar-refractivity contribution in [1.29, 1.82) is 0 Å². The van der Waals surface area contributed by atoms with Crippen LogP contribution in [0.1, 0.15) is 12.0 Å². The monoisotopic (exact) mass is 232 g/mol. The number of hydrogen-bond acceptors (Lipinski definition) is 8. The van der Waals surface area contributed by atoms with Crippen LogP contribution in [0.2, 0.25) is 0 Å². The highest BCUT2D eigenvalue weighted by molar-refractivity contribution is 4.98. The Labute approximate surface area is 90.1 Å². The van der Waals surface area contributed by atoms with E-state index in [2.05, 4.69) is 10.1 Å². The van der Waals surface area contributed by atoms with Crippen molar-refractivity contribution in [2.75, 3.05) is 6.61 Å². The minimum Gasteiger partial charge on any atom is -0.394 e. The van der Waals surface area contributed by atoms with Crippen LogP contribution in [0.4, 0.5) is 0 Å². The molecule has 0 bridgehead atoms. The van der Waals surface area contributed by atoms with Crippen LogP contribution in [-0.2, 0) is 4.74 Å². The predicted molar refractivity (Wildman–Crippen MR) is 47.0 cm³/mol. The van der Waals surface area contributed by atoms with Crippen molar-refractivity contribution in [1.82, 2.24) is 10.1 Å². The number of rotatable bonds is 2. The Hall–Kier alpha value is -1.06. The number of hydrogen-bond donors (Lipinski definition) is 4. The number of ether oxygens (including phenoxy) is 1. The number of aliphatic hydroxyl groups excluding tert-OH is 4. The van der Waals surface area contributed by atoms with Gasteiger partial charge >= 0.3 is 0 Å². The van der Waals surface area contributed by atoms with Crippen molar-refractivity contribution in [3.05, 3.63) is 12.2 Å². The van der Waals surface area contributed by atoms with E-state index in [-0.39, 0.29) is 5.89 Å². The summed E-state index contributed by atoms with van der Waals surface area (Å²) in [6, 6.07) is 0. The molecule has 0 aromatic carbocycles. The van der Waals surface area contributed by atoms with Gasteiger partial charge in [-0.1, -0.05) is 5.16 Å². The minimum atomic E-state index is -1.44. The molecular formula is C8H12N2O6. The zero-order chi connectivity index (χ0) is 11.7. The Bertz CT molecular complexity index is 329. The molecule has 16 heavy (non-hydrogen) atoms. The lowest BCUT2D eigenvalue weighted by Crippen LogP contribution is -2.55. The molecule has 1 saturated heterocycles. The molecule has 1 aliphatic rings. The van der Waals surface area contributed by atoms with Gasteiger partial charge in [-0.2, -0.15) is 4.98 Å². The molecule has 0 spiro atoms. The lowest BCUT2D eigenvalue weighted by molar-refractivity contribution is -0.237. The van der Waals surface area contributed by atoms with Gasteiger partial charge in [0, 0.05) is 0 Å². The molecular weight excluding hydrogens is 220 g/mol. The SMILES string of the molecule is OC[C@H]1O[C@@H](c2ncno2)[C@H](O)[C@@H](O)[C@@H]1O. The molecule has 0 unspecified atom stereocenters. The fraction of sp³-hybridized carbons (Fsp3) is 0.750.